The number of rotatable bonds is 4. The predicted octanol–water partition coefficient (Wildman–Crippen LogP) is 2.85. The number of hydrazone groups is 1. The highest BCUT2D eigenvalue weighted by Gasteiger charge is 2.15. The molecule has 0 N–H and O–H groups in total. The highest BCUT2D eigenvalue weighted by molar-refractivity contribution is 5.80. The summed E-state index contributed by atoms with van der Waals surface area (Å²) in [5.41, 5.74) is 2.35. The second-order valence-electron chi connectivity index (χ2n) is 5.30. The van der Waals surface area contributed by atoms with Crippen molar-refractivity contribution in [2.45, 2.75) is 0 Å². The lowest BCUT2D eigenvalue weighted by atomic mass is 10.2. The average Bonchev–Trinajstić information content (AvgIpc) is 2.61. The second kappa shape index (κ2) is 6.98. The van der Waals surface area contributed by atoms with E-state index in [-0.39, 0.29) is 0 Å². The Morgan fingerprint density at radius 3 is 2.45 bits per heavy atom. The van der Waals surface area contributed by atoms with E-state index in [1.807, 2.05) is 30.5 Å². The number of ether oxygens (including phenoxy) is 1. The smallest absolute Gasteiger partial charge is 0.119 e. The SMILES string of the molecule is COc1cccc(/C=N\N2CCN(c3ccccc3)CC2)c1. The van der Waals surface area contributed by atoms with Crippen molar-refractivity contribution in [3.8, 4) is 5.75 Å². The van der Waals surface area contributed by atoms with E-state index in [0.717, 1.165) is 37.5 Å². The lowest BCUT2D eigenvalue weighted by molar-refractivity contribution is 0.272. The van der Waals surface area contributed by atoms with Crippen molar-refractivity contribution in [1.29, 1.82) is 0 Å². The van der Waals surface area contributed by atoms with Crippen LogP contribution in [0, 0.1) is 0 Å². The van der Waals surface area contributed by atoms with Gasteiger partial charge in [0.05, 0.1) is 26.4 Å². The third-order valence-electron chi connectivity index (χ3n) is 3.84. The summed E-state index contributed by atoms with van der Waals surface area (Å²) in [6.45, 7) is 3.88. The highest BCUT2D eigenvalue weighted by atomic mass is 16.5. The molecule has 0 atom stereocenters. The van der Waals surface area contributed by atoms with Gasteiger partial charge in [0.2, 0.25) is 0 Å². The molecule has 4 nitrogen and oxygen atoms in total. The molecule has 2 aromatic rings. The summed E-state index contributed by atoms with van der Waals surface area (Å²) in [5.74, 6) is 0.859. The van der Waals surface area contributed by atoms with Crippen LogP contribution >= 0.6 is 0 Å². The Kier molecular flexibility index (Phi) is 4.59. The molecule has 0 saturated carbocycles. The van der Waals surface area contributed by atoms with Crippen molar-refractivity contribution in [2.75, 3.05) is 38.2 Å². The third kappa shape index (κ3) is 3.58. The first-order valence-corrected chi connectivity index (χ1v) is 7.58. The second-order valence-corrected chi connectivity index (χ2v) is 5.30. The Hall–Kier alpha value is -2.49. The van der Waals surface area contributed by atoms with E-state index in [1.165, 1.54) is 5.69 Å². The number of para-hydroxylation sites is 1. The van der Waals surface area contributed by atoms with Crippen LogP contribution in [-0.4, -0.2) is 44.5 Å². The van der Waals surface area contributed by atoms with Crippen LogP contribution in [0.25, 0.3) is 0 Å². The molecule has 0 unspecified atom stereocenters. The predicted molar refractivity (Wildman–Crippen MR) is 90.8 cm³/mol. The molecule has 0 amide bonds. The van der Waals surface area contributed by atoms with Crippen molar-refractivity contribution >= 4 is 11.9 Å². The molecule has 3 rings (SSSR count). The van der Waals surface area contributed by atoms with Gasteiger partial charge < -0.3 is 9.64 Å². The minimum atomic E-state index is 0.859. The topological polar surface area (TPSA) is 28.1 Å². The largest absolute Gasteiger partial charge is 0.497 e. The number of hydrogen-bond acceptors (Lipinski definition) is 4. The molecule has 0 bridgehead atoms. The van der Waals surface area contributed by atoms with Gasteiger partial charge >= 0.3 is 0 Å². The lowest BCUT2D eigenvalue weighted by Gasteiger charge is -2.34. The van der Waals surface area contributed by atoms with Crippen LogP contribution in [0.5, 0.6) is 5.75 Å². The lowest BCUT2D eigenvalue weighted by Crippen LogP contribution is -2.44. The average molecular weight is 295 g/mol. The highest BCUT2D eigenvalue weighted by Crippen LogP contribution is 2.16. The molecule has 0 spiro atoms. The molecule has 1 fully saturated rings. The molecule has 22 heavy (non-hydrogen) atoms. The zero-order valence-corrected chi connectivity index (χ0v) is 12.9. The van der Waals surface area contributed by atoms with Gasteiger partial charge in [-0.2, -0.15) is 5.10 Å². The zero-order valence-electron chi connectivity index (χ0n) is 12.9. The number of piperazine rings is 1. The summed E-state index contributed by atoms with van der Waals surface area (Å²) >= 11 is 0. The number of anilines is 1. The number of hydrogen-bond donors (Lipinski definition) is 0. The molecule has 4 heteroatoms. The Bertz CT molecular complexity index is 619. The van der Waals surface area contributed by atoms with E-state index in [4.69, 9.17) is 4.74 Å². The van der Waals surface area contributed by atoms with Crippen LogP contribution < -0.4 is 9.64 Å². The van der Waals surface area contributed by atoms with Crippen LogP contribution in [0.1, 0.15) is 5.56 Å². The van der Waals surface area contributed by atoms with Crippen LogP contribution in [0.2, 0.25) is 0 Å². The van der Waals surface area contributed by atoms with E-state index in [9.17, 15) is 0 Å². The summed E-state index contributed by atoms with van der Waals surface area (Å²) in [4.78, 5) is 2.40. The minimum Gasteiger partial charge on any atom is -0.497 e. The van der Waals surface area contributed by atoms with Crippen molar-refractivity contribution in [1.82, 2.24) is 5.01 Å². The fourth-order valence-corrected chi connectivity index (χ4v) is 2.58. The zero-order chi connectivity index (χ0) is 15.2. The molecular weight excluding hydrogens is 274 g/mol. The van der Waals surface area contributed by atoms with E-state index < -0.39 is 0 Å². The Balaban J connectivity index is 1.56. The number of nitrogens with zero attached hydrogens (tertiary/aromatic N) is 3. The van der Waals surface area contributed by atoms with Gasteiger partial charge in [0, 0.05) is 18.8 Å². The van der Waals surface area contributed by atoms with Gasteiger partial charge in [0.1, 0.15) is 5.75 Å². The van der Waals surface area contributed by atoms with Gasteiger partial charge in [-0.3, -0.25) is 5.01 Å². The van der Waals surface area contributed by atoms with E-state index in [0.29, 0.717) is 0 Å². The summed E-state index contributed by atoms with van der Waals surface area (Å²) in [6, 6.07) is 18.5. The van der Waals surface area contributed by atoms with Crippen LogP contribution in [0.4, 0.5) is 5.69 Å². The van der Waals surface area contributed by atoms with Crippen molar-refractivity contribution < 1.29 is 4.74 Å². The number of benzene rings is 2. The van der Waals surface area contributed by atoms with Gasteiger partial charge in [-0.25, -0.2) is 0 Å². The standard InChI is InChI=1S/C18H21N3O/c1-22-18-9-5-6-16(14-18)15-19-21-12-10-20(11-13-21)17-7-3-2-4-8-17/h2-9,14-15H,10-13H2,1H3/b19-15-. The Labute approximate surface area is 131 Å². The molecule has 114 valence electrons. The van der Waals surface area contributed by atoms with Gasteiger partial charge in [-0.05, 0) is 29.8 Å². The normalized spacial score (nSPS) is 15.3. The van der Waals surface area contributed by atoms with E-state index in [1.54, 1.807) is 7.11 Å². The molecule has 0 radical (unpaired) electrons. The first-order chi connectivity index (χ1) is 10.8. The maximum atomic E-state index is 5.23. The van der Waals surface area contributed by atoms with Crippen LogP contribution in [0.15, 0.2) is 59.7 Å². The summed E-state index contributed by atoms with van der Waals surface area (Å²) in [5, 5.41) is 6.71. The molecule has 1 saturated heterocycles. The molecule has 1 aliphatic rings. The molecule has 0 aromatic heterocycles. The molecule has 2 aromatic carbocycles. The summed E-state index contributed by atoms with van der Waals surface area (Å²) in [7, 11) is 1.68. The third-order valence-corrected chi connectivity index (χ3v) is 3.84. The van der Waals surface area contributed by atoms with Crippen molar-refractivity contribution in [3.05, 3.63) is 60.2 Å². The Morgan fingerprint density at radius 2 is 1.73 bits per heavy atom. The van der Waals surface area contributed by atoms with Crippen LogP contribution in [0.3, 0.4) is 0 Å². The molecule has 1 aliphatic heterocycles. The van der Waals surface area contributed by atoms with Gasteiger partial charge in [-0.15, -0.1) is 0 Å². The van der Waals surface area contributed by atoms with E-state index in [2.05, 4.69) is 45.3 Å². The fraction of sp³-hybridized carbons (Fsp3) is 0.278. The molecule has 0 aliphatic carbocycles. The van der Waals surface area contributed by atoms with Crippen molar-refractivity contribution in [2.24, 2.45) is 5.10 Å². The molecule has 1 heterocycles. The fourth-order valence-electron chi connectivity index (χ4n) is 2.58. The minimum absolute atomic E-state index is 0.859. The van der Waals surface area contributed by atoms with E-state index >= 15 is 0 Å². The maximum Gasteiger partial charge on any atom is 0.119 e. The number of methoxy groups -OCH3 is 1. The molecular formula is C18H21N3O. The first kappa shape index (κ1) is 14.4. The van der Waals surface area contributed by atoms with Gasteiger partial charge in [0.15, 0.2) is 0 Å². The monoisotopic (exact) mass is 295 g/mol. The first-order valence-electron chi connectivity index (χ1n) is 7.58. The maximum absolute atomic E-state index is 5.23. The van der Waals surface area contributed by atoms with Gasteiger partial charge in [0.25, 0.3) is 0 Å². The van der Waals surface area contributed by atoms with Crippen molar-refractivity contribution in [3.63, 3.8) is 0 Å². The quantitative estimate of drug-likeness (QED) is 0.812. The van der Waals surface area contributed by atoms with Gasteiger partial charge in [-0.1, -0.05) is 30.3 Å². The summed E-state index contributed by atoms with van der Waals surface area (Å²) in [6.07, 6.45) is 1.90. The van der Waals surface area contributed by atoms with Crippen LogP contribution in [-0.2, 0) is 0 Å². The summed E-state index contributed by atoms with van der Waals surface area (Å²) < 4.78 is 5.23. The Morgan fingerprint density at radius 1 is 0.955 bits per heavy atom.